The number of hydrogen-bond donors (Lipinski definition) is 3. The molecule has 0 aromatic carbocycles. The molecule has 1 rings (SSSR count). The Labute approximate surface area is 117 Å². The highest BCUT2D eigenvalue weighted by atomic mass is 16.4. The lowest BCUT2D eigenvalue weighted by atomic mass is 9.96. The molecule has 0 saturated carbocycles. The quantitative estimate of drug-likeness (QED) is 0.628. The highest BCUT2D eigenvalue weighted by Gasteiger charge is 2.29. The molecule has 0 aliphatic carbocycles. The van der Waals surface area contributed by atoms with Crippen LogP contribution in [0.5, 0.6) is 0 Å². The number of carbonyl (C=O) groups is 3. The smallest absolute Gasteiger partial charge is 0.334 e. The molecule has 1 aliphatic rings. The number of carboxylic acids is 1. The van der Waals surface area contributed by atoms with Crippen LogP contribution < -0.4 is 5.32 Å². The maximum Gasteiger partial charge on any atom is 0.334 e. The maximum atomic E-state index is 11.9. The summed E-state index contributed by atoms with van der Waals surface area (Å²) < 4.78 is 0. The van der Waals surface area contributed by atoms with Crippen LogP contribution in [0.25, 0.3) is 0 Å². The summed E-state index contributed by atoms with van der Waals surface area (Å²) >= 11 is 0. The Morgan fingerprint density at radius 3 is 2.55 bits per heavy atom. The fraction of sp³-hybridized carbons (Fsp3) is 0.769. The van der Waals surface area contributed by atoms with Crippen molar-refractivity contribution in [1.29, 1.82) is 0 Å². The van der Waals surface area contributed by atoms with Gasteiger partial charge < -0.3 is 20.4 Å². The zero-order chi connectivity index (χ0) is 15.3. The van der Waals surface area contributed by atoms with E-state index >= 15 is 0 Å². The number of nitrogens with one attached hydrogen (secondary N) is 1. The molecule has 114 valence electrons. The van der Waals surface area contributed by atoms with Gasteiger partial charge in [-0.1, -0.05) is 13.8 Å². The fourth-order valence-corrected chi connectivity index (χ4v) is 2.19. The SMILES string of the molecule is CC(C)C(=O)N1CCCC(C(=O)NCC(O)C(=O)O)C1. The first-order valence-electron chi connectivity index (χ1n) is 6.80. The highest BCUT2D eigenvalue weighted by Crippen LogP contribution is 2.18. The molecule has 0 radical (unpaired) electrons. The Kier molecular flexibility index (Phi) is 5.94. The number of hydrogen-bond acceptors (Lipinski definition) is 4. The second-order valence-electron chi connectivity index (χ2n) is 5.38. The van der Waals surface area contributed by atoms with E-state index in [1.807, 2.05) is 13.8 Å². The van der Waals surface area contributed by atoms with E-state index in [4.69, 9.17) is 10.2 Å². The molecule has 0 spiro atoms. The molecule has 1 fully saturated rings. The molecule has 7 nitrogen and oxygen atoms in total. The summed E-state index contributed by atoms with van der Waals surface area (Å²) in [5.74, 6) is -2.11. The number of carbonyl (C=O) groups excluding carboxylic acids is 2. The lowest BCUT2D eigenvalue weighted by Gasteiger charge is -2.33. The Balaban J connectivity index is 2.48. The maximum absolute atomic E-state index is 11.9. The molecule has 2 atom stereocenters. The van der Waals surface area contributed by atoms with Gasteiger partial charge in [0.15, 0.2) is 6.10 Å². The van der Waals surface area contributed by atoms with Gasteiger partial charge in [0.25, 0.3) is 0 Å². The molecule has 7 heteroatoms. The summed E-state index contributed by atoms with van der Waals surface area (Å²) in [6.07, 6.45) is -0.189. The number of aliphatic hydroxyl groups excluding tert-OH is 1. The van der Waals surface area contributed by atoms with E-state index in [0.717, 1.165) is 6.42 Å². The van der Waals surface area contributed by atoms with E-state index < -0.39 is 12.1 Å². The van der Waals surface area contributed by atoms with Gasteiger partial charge in [0.1, 0.15) is 0 Å². The summed E-state index contributed by atoms with van der Waals surface area (Å²) in [6, 6.07) is 0. The first-order chi connectivity index (χ1) is 9.32. The van der Waals surface area contributed by atoms with E-state index in [2.05, 4.69) is 5.32 Å². The number of aliphatic hydroxyl groups is 1. The Hall–Kier alpha value is -1.63. The van der Waals surface area contributed by atoms with Crippen molar-refractivity contribution >= 4 is 17.8 Å². The minimum atomic E-state index is -1.60. The molecule has 2 unspecified atom stereocenters. The van der Waals surface area contributed by atoms with Crippen molar-refractivity contribution in [2.75, 3.05) is 19.6 Å². The second kappa shape index (κ2) is 7.23. The van der Waals surface area contributed by atoms with Gasteiger partial charge >= 0.3 is 5.97 Å². The molecule has 3 N–H and O–H groups in total. The predicted molar refractivity (Wildman–Crippen MR) is 70.8 cm³/mol. The lowest BCUT2D eigenvalue weighted by molar-refractivity contribution is -0.146. The summed E-state index contributed by atoms with van der Waals surface area (Å²) in [7, 11) is 0. The zero-order valence-corrected chi connectivity index (χ0v) is 11.8. The summed E-state index contributed by atoms with van der Waals surface area (Å²) in [4.78, 5) is 35.9. The number of likely N-dealkylation sites (tertiary alicyclic amines) is 1. The third-order valence-electron chi connectivity index (χ3n) is 3.35. The average Bonchev–Trinajstić information content (AvgIpc) is 2.43. The monoisotopic (exact) mass is 286 g/mol. The third-order valence-corrected chi connectivity index (χ3v) is 3.35. The molecule has 1 heterocycles. The van der Waals surface area contributed by atoms with Crippen LogP contribution in [-0.4, -0.2) is 58.6 Å². The van der Waals surface area contributed by atoms with E-state index in [0.29, 0.717) is 19.5 Å². The van der Waals surface area contributed by atoms with Gasteiger partial charge in [-0.2, -0.15) is 0 Å². The third kappa shape index (κ3) is 4.48. The molecule has 0 aromatic rings. The Morgan fingerprint density at radius 2 is 2.00 bits per heavy atom. The van der Waals surface area contributed by atoms with E-state index in [1.165, 1.54) is 0 Å². The van der Waals surface area contributed by atoms with Gasteiger partial charge in [-0.3, -0.25) is 9.59 Å². The molecule has 1 aliphatic heterocycles. The topological polar surface area (TPSA) is 107 Å². The molecule has 20 heavy (non-hydrogen) atoms. The van der Waals surface area contributed by atoms with Crippen LogP contribution in [0.15, 0.2) is 0 Å². The predicted octanol–water partition coefficient (Wildman–Crippen LogP) is -0.557. The van der Waals surface area contributed by atoms with Crippen LogP contribution in [0.3, 0.4) is 0 Å². The molecule has 0 bridgehead atoms. The van der Waals surface area contributed by atoms with Crippen LogP contribution in [0.1, 0.15) is 26.7 Å². The Bertz CT molecular complexity index is 383. The highest BCUT2D eigenvalue weighted by molar-refractivity contribution is 5.82. The van der Waals surface area contributed by atoms with Crippen LogP contribution in [0.2, 0.25) is 0 Å². The van der Waals surface area contributed by atoms with Crippen molar-refractivity contribution in [1.82, 2.24) is 10.2 Å². The largest absolute Gasteiger partial charge is 0.479 e. The van der Waals surface area contributed by atoms with E-state index in [9.17, 15) is 14.4 Å². The van der Waals surface area contributed by atoms with Gasteiger partial charge in [-0.05, 0) is 12.8 Å². The van der Waals surface area contributed by atoms with Crippen molar-refractivity contribution in [2.45, 2.75) is 32.8 Å². The lowest BCUT2D eigenvalue weighted by Crippen LogP contribution is -2.48. The van der Waals surface area contributed by atoms with Gasteiger partial charge in [-0.15, -0.1) is 0 Å². The van der Waals surface area contributed by atoms with Crippen LogP contribution in [0.4, 0.5) is 0 Å². The standard InChI is InChI=1S/C13H22N2O5/c1-8(2)12(18)15-5-3-4-9(7-15)11(17)14-6-10(16)13(19)20/h8-10,16H,3-7H2,1-2H3,(H,14,17)(H,19,20). The zero-order valence-electron chi connectivity index (χ0n) is 11.8. The summed E-state index contributed by atoms with van der Waals surface area (Å²) in [5.41, 5.74) is 0. The molecule has 0 aromatic heterocycles. The summed E-state index contributed by atoms with van der Waals surface area (Å²) in [5, 5.41) is 20.0. The first kappa shape index (κ1) is 16.4. The number of carboxylic acid groups (broad SMARTS) is 1. The van der Waals surface area contributed by atoms with Crippen molar-refractivity contribution in [2.24, 2.45) is 11.8 Å². The number of rotatable bonds is 5. The number of piperidine rings is 1. The number of amides is 2. The molecular weight excluding hydrogens is 264 g/mol. The fourth-order valence-electron chi connectivity index (χ4n) is 2.19. The average molecular weight is 286 g/mol. The van der Waals surface area contributed by atoms with Crippen molar-refractivity contribution < 1.29 is 24.6 Å². The van der Waals surface area contributed by atoms with Gasteiger partial charge in [-0.25, -0.2) is 4.79 Å². The second-order valence-corrected chi connectivity index (χ2v) is 5.38. The van der Waals surface area contributed by atoms with Crippen molar-refractivity contribution in [3.05, 3.63) is 0 Å². The van der Waals surface area contributed by atoms with E-state index in [1.54, 1.807) is 4.90 Å². The van der Waals surface area contributed by atoms with Crippen molar-refractivity contribution in [3.63, 3.8) is 0 Å². The number of nitrogens with zero attached hydrogens (tertiary/aromatic N) is 1. The minimum absolute atomic E-state index is 0.0214. The Morgan fingerprint density at radius 1 is 1.35 bits per heavy atom. The summed E-state index contributed by atoms with van der Waals surface area (Å²) in [6.45, 7) is 4.32. The van der Waals surface area contributed by atoms with Gasteiger partial charge in [0, 0.05) is 19.0 Å². The first-order valence-corrected chi connectivity index (χ1v) is 6.80. The van der Waals surface area contributed by atoms with Crippen LogP contribution >= 0.6 is 0 Å². The van der Waals surface area contributed by atoms with E-state index in [-0.39, 0.29) is 30.2 Å². The number of aliphatic carboxylic acids is 1. The minimum Gasteiger partial charge on any atom is -0.479 e. The molecule has 1 saturated heterocycles. The van der Waals surface area contributed by atoms with Crippen LogP contribution in [0, 0.1) is 11.8 Å². The van der Waals surface area contributed by atoms with Crippen LogP contribution in [-0.2, 0) is 14.4 Å². The van der Waals surface area contributed by atoms with Gasteiger partial charge in [0.2, 0.25) is 11.8 Å². The molecule has 2 amide bonds. The van der Waals surface area contributed by atoms with Crippen molar-refractivity contribution in [3.8, 4) is 0 Å². The van der Waals surface area contributed by atoms with Gasteiger partial charge in [0.05, 0.1) is 12.5 Å². The normalized spacial score (nSPS) is 20.6. The molecular formula is C13H22N2O5.